The van der Waals surface area contributed by atoms with Gasteiger partial charge in [-0.3, -0.25) is 4.90 Å². The summed E-state index contributed by atoms with van der Waals surface area (Å²) in [6.07, 6.45) is 3.25. The molecule has 21 heavy (non-hydrogen) atoms. The van der Waals surface area contributed by atoms with Crippen molar-refractivity contribution in [3.63, 3.8) is 0 Å². The summed E-state index contributed by atoms with van der Waals surface area (Å²) in [5, 5.41) is 9.03. The quantitative estimate of drug-likeness (QED) is 0.915. The number of halogens is 1. The molecule has 7 heteroatoms. The number of nitriles is 1. The number of hydrogen-bond donors (Lipinski definition) is 1. The first-order chi connectivity index (χ1) is 9.99. The van der Waals surface area contributed by atoms with E-state index < -0.39 is 10.0 Å². The summed E-state index contributed by atoms with van der Waals surface area (Å²) < 4.78 is 27.6. The third-order valence-electron chi connectivity index (χ3n) is 3.95. The second-order valence-electron chi connectivity index (χ2n) is 5.59. The van der Waals surface area contributed by atoms with Crippen LogP contribution >= 0.6 is 11.6 Å². The maximum Gasteiger partial charge on any atom is 0.242 e. The van der Waals surface area contributed by atoms with Gasteiger partial charge in [0.25, 0.3) is 0 Å². The topological polar surface area (TPSA) is 73.2 Å². The first kappa shape index (κ1) is 14.8. The van der Waals surface area contributed by atoms with Crippen molar-refractivity contribution in [3.8, 4) is 6.07 Å². The Hall–Kier alpha value is -1.13. The molecule has 1 aliphatic heterocycles. The van der Waals surface area contributed by atoms with Crippen molar-refractivity contribution in [2.75, 3.05) is 13.1 Å². The van der Waals surface area contributed by atoms with Gasteiger partial charge in [-0.1, -0.05) is 11.6 Å². The van der Waals surface area contributed by atoms with Crippen LogP contribution in [0.15, 0.2) is 23.1 Å². The van der Waals surface area contributed by atoms with Crippen LogP contribution in [0, 0.1) is 11.3 Å². The predicted octanol–water partition coefficient (Wildman–Crippen LogP) is 1.73. The number of nitrogens with one attached hydrogen (secondary N) is 1. The molecule has 1 saturated carbocycles. The molecule has 5 nitrogen and oxygen atoms in total. The Morgan fingerprint density at radius 3 is 2.76 bits per heavy atom. The first-order valence-corrected chi connectivity index (χ1v) is 8.82. The smallest absolute Gasteiger partial charge is 0.242 e. The van der Waals surface area contributed by atoms with Gasteiger partial charge in [-0.25, -0.2) is 13.1 Å². The molecule has 112 valence electrons. The largest absolute Gasteiger partial charge is 0.299 e. The van der Waals surface area contributed by atoms with Gasteiger partial charge in [0.05, 0.1) is 16.7 Å². The molecule has 0 amide bonds. The summed E-state index contributed by atoms with van der Waals surface area (Å²) in [5.74, 6) is 0. The highest BCUT2D eigenvalue weighted by atomic mass is 35.5. The number of hydrogen-bond acceptors (Lipinski definition) is 4. The Bertz CT molecular complexity index is 695. The molecule has 0 spiro atoms. The minimum atomic E-state index is -3.70. The highest BCUT2D eigenvalue weighted by Crippen LogP contribution is 2.30. The molecule has 2 fully saturated rings. The average Bonchev–Trinajstić information content (AvgIpc) is 3.20. The molecule has 1 N–H and O–H groups in total. The summed E-state index contributed by atoms with van der Waals surface area (Å²) >= 11 is 5.97. The lowest BCUT2D eigenvalue weighted by atomic mass is 10.2. The zero-order chi connectivity index (χ0) is 15.0. The van der Waals surface area contributed by atoms with Crippen molar-refractivity contribution >= 4 is 21.6 Å². The summed E-state index contributed by atoms with van der Waals surface area (Å²) in [7, 11) is -3.70. The molecule has 0 bridgehead atoms. The molecule has 1 aromatic carbocycles. The SMILES string of the molecule is N#Cc1ccc(Cl)c(S(=O)(=O)NC2CCN(C3CC3)C2)c1. The Kier molecular flexibility index (Phi) is 3.93. The molecule has 1 heterocycles. The van der Waals surface area contributed by atoms with Gasteiger partial charge >= 0.3 is 0 Å². The Labute approximate surface area is 129 Å². The standard InChI is InChI=1S/C14H16ClN3O2S/c15-13-4-1-10(8-16)7-14(13)21(19,20)17-11-5-6-18(9-11)12-2-3-12/h1,4,7,11-12,17H,2-3,5-6,9H2. The molecule has 2 aliphatic rings. The number of sulfonamides is 1. The molecule has 1 saturated heterocycles. The van der Waals surface area contributed by atoms with E-state index in [1.165, 1.54) is 31.0 Å². The van der Waals surface area contributed by atoms with Crippen LogP contribution in [-0.4, -0.2) is 38.5 Å². The van der Waals surface area contributed by atoms with E-state index in [0.29, 0.717) is 6.04 Å². The lowest BCUT2D eigenvalue weighted by Gasteiger charge is -2.16. The van der Waals surface area contributed by atoms with E-state index in [0.717, 1.165) is 19.5 Å². The van der Waals surface area contributed by atoms with Crippen molar-refractivity contribution in [3.05, 3.63) is 28.8 Å². The van der Waals surface area contributed by atoms with Gasteiger partial charge in [-0.15, -0.1) is 0 Å². The number of nitrogens with zero attached hydrogens (tertiary/aromatic N) is 2. The van der Waals surface area contributed by atoms with Crippen LogP contribution in [0.2, 0.25) is 5.02 Å². The van der Waals surface area contributed by atoms with Crippen molar-refractivity contribution in [2.24, 2.45) is 0 Å². The highest BCUT2D eigenvalue weighted by molar-refractivity contribution is 7.89. The van der Waals surface area contributed by atoms with E-state index in [1.54, 1.807) is 0 Å². The van der Waals surface area contributed by atoms with Crippen LogP contribution in [-0.2, 0) is 10.0 Å². The van der Waals surface area contributed by atoms with Gasteiger partial charge in [0.15, 0.2) is 0 Å². The van der Waals surface area contributed by atoms with Gasteiger partial charge < -0.3 is 0 Å². The Morgan fingerprint density at radius 2 is 2.10 bits per heavy atom. The van der Waals surface area contributed by atoms with Gasteiger partial charge in [0, 0.05) is 25.2 Å². The fourth-order valence-corrected chi connectivity index (χ4v) is 4.50. The van der Waals surface area contributed by atoms with E-state index in [-0.39, 0.29) is 21.5 Å². The Morgan fingerprint density at radius 1 is 1.33 bits per heavy atom. The molecular formula is C14H16ClN3O2S. The van der Waals surface area contributed by atoms with Crippen molar-refractivity contribution in [1.82, 2.24) is 9.62 Å². The fourth-order valence-electron chi connectivity index (χ4n) is 2.72. The minimum Gasteiger partial charge on any atom is -0.299 e. The molecule has 1 aliphatic carbocycles. The summed E-state index contributed by atoms with van der Waals surface area (Å²) in [5.41, 5.74) is 0.283. The second kappa shape index (κ2) is 5.58. The van der Waals surface area contributed by atoms with Crippen LogP contribution < -0.4 is 4.72 Å². The molecule has 1 atom stereocenters. The summed E-state index contributed by atoms with van der Waals surface area (Å²) in [6, 6.07) is 6.76. The Balaban J connectivity index is 1.76. The van der Waals surface area contributed by atoms with Crippen LogP contribution in [0.5, 0.6) is 0 Å². The highest BCUT2D eigenvalue weighted by Gasteiger charge is 2.36. The molecular weight excluding hydrogens is 310 g/mol. The lowest BCUT2D eigenvalue weighted by molar-refractivity contribution is 0.322. The second-order valence-corrected chi connectivity index (χ2v) is 7.68. The van der Waals surface area contributed by atoms with Crippen molar-refractivity contribution < 1.29 is 8.42 Å². The lowest BCUT2D eigenvalue weighted by Crippen LogP contribution is -2.37. The van der Waals surface area contributed by atoms with Crippen LogP contribution in [0.4, 0.5) is 0 Å². The summed E-state index contributed by atoms with van der Waals surface area (Å²) in [6.45, 7) is 1.68. The normalized spacial score (nSPS) is 23.1. The summed E-state index contributed by atoms with van der Waals surface area (Å²) in [4.78, 5) is 2.31. The van der Waals surface area contributed by atoms with Gasteiger partial charge in [-0.05, 0) is 37.5 Å². The number of rotatable bonds is 4. The molecule has 0 radical (unpaired) electrons. The predicted molar refractivity (Wildman–Crippen MR) is 79.5 cm³/mol. The maximum absolute atomic E-state index is 12.4. The van der Waals surface area contributed by atoms with E-state index in [1.807, 2.05) is 6.07 Å². The number of likely N-dealkylation sites (tertiary alicyclic amines) is 1. The first-order valence-electron chi connectivity index (χ1n) is 6.95. The monoisotopic (exact) mass is 325 g/mol. The molecule has 1 unspecified atom stereocenters. The van der Waals surface area contributed by atoms with Crippen LogP contribution in [0.3, 0.4) is 0 Å². The van der Waals surface area contributed by atoms with Gasteiger partial charge in [-0.2, -0.15) is 5.26 Å². The van der Waals surface area contributed by atoms with E-state index >= 15 is 0 Å². The number of benzene rings is 1. The van der Waals surface area contributed by atoms with Crippen LogP contribution in [0.1, 0.15) is 24.8 Å². The zero-order valence-electron chi connectivity index (χ0n) is 11.4. The van der Waals surface area contributed by atoms with E-state index in [4.69, 9.17) is 16.9 Å². The van der Waals surface area contributed by atoms with E-state index in [2.05, 4.69) is 9.62 Å². The van der Waals surface area contributed by atoms with Gasteiger partial charge in [0.1, 0.15) is 4.90 Å². The third-order valence-corrected chi connectivity index (χ3v) is 5.96. The average molecular weight is 326 g/mol. The van der Waals surface area contributed by atoms with E-state index in [9.17, 15) is 8.42 Å². The van der Waals surface area contributed by atoms with Crippen LogP contribution in [0.25, 0.3) is 0 Å². The minimum absolute atomic E-state index is 0.0203. The van der Waals surface area contributed by atoms with Crippen molar-refractivity contribution in [1.29, 1.82) is 5.26 Å². The molecule has 0 aromatic heterocycles. The molecule has 3 rings (SSSR count). The fraction of sp³-hybridized carbons (Fsp3) is 0.500. The third kappa shape index (κ3) is 3.22. The maximum atomic E-state index is 12.4. The van der Waals surface area contributed by atoms with Gasteiger partial charge in [0.2, 0.25) is 10.0 Å². The zero-order valence-corrected chi connectivity index (χ0v) is 13.0. The molecule has 1 aromatic rings. The van der Waals surface area contributed by atoms with Crippen molar-refractivity contribution in [2.45, 2.75) is 36.2 Å².